The van der Waals surface area contributed by atoms with Gasteiger partial charge in [-0.2, -0.15) is 0 Å². The molecule has 0 radical (unpaired) electrons. The molecular weight excluding hydrogens is 430 g/mol. The Labute approximate surface area is 188 Å². The van der Waals surface area contributed by atoms with Gasteiger partial charge in [0.1, 0.15) is 11.2 Å². The third kappa shape index (κ3) is 3.60. The van der Waals surface area contributed by atoms with E-state index in [4.69, 9.17) is 9.47 Å². The van der Waals surface area contributed by atoms with E-state index in [1.807, 2.05) is 11.0 Å². The predicted molar refractivity (Wildman–Crippen MR) is 122 cm³/mol. The molecule has 0 bridgehead atoms. The highest BCUT2D eigenvalue weighted by Crippen LogP contribution is 2.32. The minimum atomic E-state index is -0.475. The first-order chi connectivity index (χ1) is 15.6. The van der Waals surface area contributed by atoms with Gasteiger partial charge in [-0.1, -0.05) is 13.0 Å². The molecule has 1 atom stereocenters. The van der Waals surface area contributed by atoms with Crippen molar-refractivity contribution in [2.45, 2.75) is 51.7 Å². The zero-order chi connectivity index (χ0) is 22.2. The van der Waals surface area contributed by atoms with E-state index in [1.165, 1.54) is 20.5 Å². The normalized spacial score (nSPS) is 17.8. The summed E-state index contributed by atoms with van der Waals surface area (Å²) in [7, 11) is 0. The number of aromatic nitrogens is 2. The first-order valence-corrected chi connectivity index (χ1v) is 11.8. The predicted octanol–water partition coefficient (Wildman–Crippen LogP) is 2.79. The minimum absolute atomic E-state index is 0.0655. The number of thiophene rings is 1. The molecule has 1 fully saturated rings. The average molecular weight is 456 g/mol. The molecule has 168 valence electrons. The van der Waals surface area contributed by atoms with Gasteiger partial charge in [-0.3, -0.25) is 18.7 Å². The molecule has 3 aromatic rings. The van der Waals surface area contributed by atoms with E-state index in [1.54, 1.807) is 23.6 Å². The van der Waals surface area contributed by atoms with Crippen LogP contribution in [-0.4, -0.2) is 39.3 Å². The summed E-state index contributed by atoms with van der Waals surface area (Å²) >= 11 is 1.29. The number of hydrogen-bond acceptors (Lipinski definition) is 6. The molecule has 2 aliphatic heterocycles. The van der Waals surface area contributed by atoms with Gasteiger partial charge in [-0.05, 0) is 54.8 Å². The Morgan fingerprint density at radius 1 is 1.12 bits per heavy atom. The van der Waals surface area contributed by atoms with Crippen molar-refractivity contribution < 1.29 is 14.3 Å². The lowest BCUT2D eigenvalue weighted by atomic mass is 10.00. The summed E-state index contributed by atoms with van der Waals surface area (Å²) in [5, 5.41) is 1.78. The summed E-state index contributed by atoms with van der Waals surface area (Å²) in [6.07, 6.45) is 4.00. The minimum Gasteiger partial charge on any atom is -0.454 e. The number of carbonyl (C=O) groups excluding carboxylic acids is 1. The second kappa shape index (κ2) is 8.46. The van der Waals surface area contributed by atoms with E-state index < -0.39 is 5.69 Å². The van der Waals surface area contributed by atoms with Gasteiger partial charge in [-0.25, -0.2) is 4.79 Å². The average Bonchev–Trinajstić information content (AvgIpc) is 3.48. The monoisotopic (exact) mass is 455 g/mol. The zero-order valence-electron chi connectivity index (χ0n) is 17.9. The fourth-order valence-electron chi connectivity index (χ4n) is 4.63. The summed E-state index contributed by atoms with van der Waals surface area (Å²) in [6, 6.07) is 7.32. The van der Waals surface area contributed by atoms with Crippen LogP contribution in [0.3, 0.4) is 0 Å². The SMILES string of the molecule is CC[C@@H]1CCCCN1C(=O)Cn1c(=O)n(Cc2ccc3c(c2)OCO3)c(=O)c2sccc21. The number of amides is 1. The van der Waals surface area contributed by atoms with Gasteiger partial charge in [-0.15, -0.1) is 11.3 Å². The molecule has 0 aliphatic carbocycles. The summed E-state index contributed by atoms with van der Waals surface area (Å²) in [4.78, 5) is 41.6. The molecule has 0 unspecified atom stereocenters. The van der Waals surface area contributed by atoms with E-state index in [-0.39, 0.29) is 37.4 Å². The molecule has 1 aromatic carbocycles. The number of nitrogens with zero attached hydrogens (tertiary/aromatic N) is 3. The van der Waals surface area contributed by atoms with Crippen molar-refractivity contribution in [2.75, 3.05) is 13.3 Å². The fourth-order valence-corrected chi connectivity index (χ4v) is 5.47. The third-order valence-corrected chi connectivity index (χ3v) is 7.22. The van der Waals surface area contributed by atoms with Crippen molar-refractivity contribution >= 4 is 27.5 Å². The Hall–Kier alpha value is -3.07. The van der Waals surface area contributed by atoms with Gasteiger partial charge in [0.2, 0.25) is 12.7 Å². The van der Waals surface area contributed by atoms with Crippen molar-refractivity contribution in [1.29, 1.82) is 0 Å². The number of ether oxygens (including phenoxy) is 2. The standard InChI is InChI=1S/C23H25N3O5S/c1-2-16-5-3-4-9-24(16)20(27)13-25-17-8-10-32-21(17)22(28)26(23(25)29)12-15-6-7-18-19(11-15)31-14-30-18/h6-8,10-11,16H,2-5,9,12-14H2,1H3/t16-/m1/s1. The number of hydrogen-bond donors (Lipinski definition) is 0. The molecule has 2 aromatic heterocycles. The molecule has 0 saturated carbocycles. The second-order valence-corrected chi connectivity index (χ2v) is 9.14. The number of carbonyl (C=O) groups is 1. The summed E-state index contributed by atoms with van der Waals surface area (Å²) in [5.41, 5.74) is 0.456. The van der Waals surface area contributed by atoms with E-state index in [0.717, 1.165) is 37.8 Å². The Balaban J connectivity index is 1.52. The Kier molecular flexibility index (Phi) is 5.50. The summed E-state index contributed by atoms with van der Waals surface area (Å²) in [5.74, 6) is 1.17. The molecule has 8 nitrogen and oxygen atoms in total. The molecule has 0 N–H and O–H groups in total. The highest BCUT2D eigenvalue weighted by atomic mass is 32.1. The molecular formula is C23H25N3O5S. The van der Waals surface area contributed by atoms with E-state index >= 15 is 0 Å². The van der Waals surface area contributed by atoms with Crippen LogP contribution in [0.2, 0.25) is 0 Å². The maximum atomic E-state index is 13.4. The van der Waals surface area contributed by atoms with Gasteiger partial charge in [0.15, 0.2) is 11.5 Å². The molecule has 2 aliphatic rings. The van der Waals surface area contributed by atoms with Crippen molar-refractivity contribution in [3.63, 3.8) is 0 Å². The largest absolute Gasteiger partial charge is 0.454 e. The lowest BCUT2D eigenvalue weighted by Crippen LogP contribution is -2.47. The number of rotatable bonds is 5. The fraction of sp³-hybridized carbons (Fsp3) is 0.435. The van der Waals surface area contributed by atoms with Crippen LogP contribution in [0.25, 0.3) is 10.2 Å². The number of benzene rings is 1. The maximum Gasteiger partial charge on any atom is 0.332 e. The maximum absolute atomic E-state index is 13.4. The van der Waals surface area contributed by atoms with Crippen molar-refractivity contribution in [2.24, 2.45) is 0 Å². The highest BCUT2D eigenvalue weighted by Gasteiger charge is 2.27. The summed E-state index contributed by atoms with van der Waals surface area (Å²) in [6.45, 7) is 2.99. The number of piperidine rings is 1. The van der Waals surface area contributed by atoms with E-state index in [9.17, 15) is 14.4 Å². The first kappa shape index (κ1) is 20.8. The molecule has 0 spiro atoms. The van der Waals surface area contributed by atoms with Gasteiger partial charge >= 0.3 is 5.69 Å². The van der Waals surface area contributed by atoms with Gasteiger partial charge in [0, 0.05) is 12.6 Å². The molecule has 9 heteroatoms. The van der Waals surface area contributed by atoms with Crippen LogP contribution in [0.15, 0.2) is 39.2 Å². The van der Waals surface area contributed by atoms with E-state index in [2.05, 4.69) is 6.92 Å². The Morgan fingerprint density at radius 3 is 2.81 bits per heavy atom. The van der Waals surface area contributed by atoms with E-state index in [0.29, 0.717) is 21.7 Å². The number of likely N-dealkylation sites (tertiary alicyclic amines) is 1. The second-order valence-electron chi connectivity index (χ2n) is 8.23. The lowest BCUT2D eigenvalue weighted by Gasteiger charge is -2.35. The smallest absolute Gasteiger partial charge is 0.332 e. The van der Waals surface area contributed by atoms with Crippen LogP contribution in [0.5, 0.6) is 11.5 Å². The van der Waals surface area contributed by atoms with Crippen LogP contribution < -0.4 is 20.7 Å². The third-order valence-electron chi connectivity index (χ3n) is 6.33. The molecule has 1 amide bonds. The van der Waals surface area contributed by atoms with Crippen molar-refractivity contribution in [1.82, 2.24) is 14.0 Å². The van der Waals surface area contributed by atoms with Crippen molar-refractivity contribution in [3.05, 3.63) is 56.0 Å². The number of fused-ring (bicyclic) bond motifs is 2. The topological polar surface area (TPSA) is 82.8 Å². The molecule has 32 heavy (non-hydrogen) atoms. The Bertz CT molecular complexity index is 1290. The van der Waals surface area contributed by atoms with Crippen LogP contribution in [0.4, 0.5) is 0 Å². The van der Waals surface area contributed by atoms with Crippen LogP contribution in [0.1, 0.15) is 38.2 Å². The summed E-state index contributed by atoms with van der Waals surface area (Å²) < 4.78 is 13.9. The van der Waals surface area contributed by atoms with Gasteiger partial charge < -0.3 is 14.4 Å². The zero-order valence-corrected chi connectivity index (χ0v) is 18.7. The van der Waals surface area contributed by atoms with Crippen LogP contribution in [-0.2, 0) is 17.9 Å². The van der Waals surface area contributed by atoms with Crippen molar-refractivity contribution in [3.8, 4) is 11.5 Å². The molecule has 4 heterocycles. The lowest BCUT2D eigenvalue weighted by molar-refractivity contribution is -0.135. The Morgan fingerprint density at radius 2 is 1.97 bits per heavy atom. The quantitative estimate of drug-likeness (QED) is 0.591. The highest BCUT2D eigenvalue weighted by molar-refractivity contribution is 7.17. The van der Waals surface area contributed by atoms with Crippen LogP contribution in [0, 0.1) is 0 Å². The first-order valence-electron chi connectivity index (χ1n) is 11.0. The van der Waals surface area contributed by atoms with Crippen LogP contribution >= 0.6 is 11.3 Å². The molecule has 1 saturated heterocycles. The van der Waals surface area contributed by atoms with Gasteiger partial charge in [0.25, 0.3) is 5.56 Å². The van der Waals surface area contributed by atoms with Gasteiger partial charge in [0.05, 0.1) is 12.1 Å². The molecule has 5 rings (SSSR count).